The lowest BCUT2D eigenvalue weighted by Crippen LogP contribution is -2.16. The number of nitrogens with one attached hydrogen (secondary N) is 1. The van der Waals surface area contributed by atoms with Gasteiger partial charge in [-0.1, -0.05) is 23.8 Å². The summed E-state index contributed by atoms with van der Waals surface area (Å²) in [6.07, 6.45) is 0. The summed E-state index contributed by atoms with van der Waals surface area (Å²) in [5.41, 5.74) is 3.63. The number of carbonyl (C=O) groups is 1. The van der Waals surface area contributed by atoms with Crippen molar-refractivity contribution in [3.63, 3.8) is 0 Å². The molecule has 0 unspecified atom stereocenters. The molecule has 6 nitrogen and oxygen atoms in total. The van der Waals surface area contributed by atoms with Crippen molar-refractivity contribution in [2.45, 2.75) is 20.5 Å². The van der Waals surface area contributed by atoms with E-state index in [1.165, 1.54) is 17.4 Å². The topological polar surface area (TPSA) is 72.7 Å². The van der Waals surface area contributed by atoms with E-state index in [0.717, 1.165) is 11.3 Å². The van der Waals surface area contributed by atoms with Crippen molar-refractivity contribution in [1.82, 2.24) is 9.38 Å². The molecule has 2 aromatic carbocycles. The number of rotatable bonds is 5. The first kappa shape index (κ1) is 18.9. The largest absolute Gasteiger partial charge is 0.487 e. The normalized spacial score (nSPS) is 10.8. The number of amides is 1. The molecule has 0 fully saturated rings. The van der Waals surface area contributed by atoms with Crippen molar-refractivity contribution in [2.75, 3.05) is 5.32 Å². The summed E-state index contributed by atoms with van der Waals surface area (Å²) in [7, 11) is 0. The van der Waals surface area contributed by atoms with Crippen LogP contribution in [0.15, 0.2) is 64.8 Å². The van der Waals surface area contributed by atoms with E-state index in [2.05, 4.69) is 10.3 Å². The van der Waals surface area contributed by atoms with Gasteiger partial charge in [0.1, 0.15) is 12.4 Å². The van der Waals surface area contributed by atoms with Crippen molar-refractivity contribution >= 4 is 27.9 Å². The Hall–Kier alpha value is -3.45. The van der Waals surface area contributed by atoms with Crippen molar-refractivity contribution in [3.8, 4) is 5.75 Å². The molecule has 0 atom stereocenters. The van der Waals surface area contributed by atoms with Crippen LogP contribution < -0.4 is 15.6 Å². The zero-order valence-electron chi connectivity index (χ0n) is 16.0. The maximum Gasteiger partial charge on any atom is 0.259 e. The minimum Gasteiger partial charge on any atom is -0.487 e. The average molecular weight is 405 g/mol. The molecule has 0 aliphatic rings. The number of ether oxygens (including phenoxy) is 1. The minimum absolute atomic E-state index is 0.119. The van der Waals surface area contributed by atoms with Gasteiger partial charge in [-0.15, -0.1) is 11.3 Å². The van der Waals surface area contributed by atoms with Crippen molar-refractivity contribution in [2.24, 2.45) is 0 Å². The smallest absolute Gasteiger partial charge is 0.259 e. The molecule has 0 saturated carbocycles. The van der Waals surface area contributed by atoms with Crippen LogP contribution in [0.2, 0.25) is 0 Å². The Morgan fingerprint density at radius 3 is 2.72 bits per heavy atom. The van der Waals surface area contributed by atoms with Gasteiger partial charge < -0.3 is 10.1 Å². The van der Waals surface area contributed by atoms with E-state index in [9.17, 15) is 9.59 Å². The lowest BCUT2D eigenvalue weighted by molar-refractivity contribution is 0.102. The predicted molar refractivity (Wildman–Crippen MR) is 114 cm³/mol. The molecule has 0 aliphatic carbocycles. The molecule has 4 rings (SSSR count). The van der Waals surface area contributed by atoms with Gasteiger partial charge in [-0.3, -0.25) is 14.0 Å². The summed E-state index contributed by atoms with van der Waals surface area (Å²) >= 11 is 1.42. The summed E-state index contributed by atoms with van der Waals surface area (Å²) in [4.78, 5) is 29.8. The first-order chi connectivity index (χ1) is 14.0. The highest BCUT2D eigenvalue weighted by molar-refractivity contribution is 7.15. The molecule has 0 radical (unpaired) electrons. The Balaban J connectivity index is 1.46. The molecule has 4 aromatic rings. The average Bonchev–Trinajstić information content (AvgIpc) is 3.08. The molecule has 0 bridgehead atoms. The van der Waals surface area contributed by atoms with E-state index in [1.807, 2.05) is 31.4 Å². The zero-order valence-corrected chi connectivity index (χ0v) is 16.8. The molecular weight excluding hydrogens is 386 g/mol. The summed E-state index contributed by atoms with van der Waals surface area (Å²) in [6.45, 7) is 4.01. The highest BCUT2D eigenvalue weighted by Gasteiger charge is 2.09. The Labute approximate surface area is 171 Å². The number of hydrogen-bond donors (Lipinski definition) is 1. The van der Waals surface area contributed by atoms with Crippen LogP contribution in [-0.2, 0) is 6.61 Å². The van der Waals surface area contributed by atoms with Crippen LogP contribution in [0.5, 0.6) is 5.75 Å². The Bertz CT molecular complexity index is 1240. The van der Waals surface area contributed by atoms with Crippen LogP contribution in [0.1, 0.15) is 27.3 Å². The van der Waals surface area contributed by atoms with Gasteiger partial charge in [-0.2, -0.15) is 0 Å². The molecule has 0 aliphatic heterocycles. The van der Waals surface area contributed by atoms with Gasteiger partial charge in [0.15, 0.2) is 4.96 Å². The molecule has 2 aromatic heterocycles. The van der Waals surface area contributed by atoms with Gasteiger partial charge in [0, 0.05) is 34.5 Å². The fraction of sp³-hybridized carbons (Fsp3) is 0.136. The van der Waals surface area contributed by atoms with E-state index in [-0.39, 0.29) is 18.1 Å². The van der Waals surface area contributed by atoms with E-state index >= 15 is 0 Å². The van der Waals surface area contributed by atoms with Crippen LogP contribution >= 0.6 is 11.3 Å². The van der Waals surface area contributed by atoms with Gasteiger partial charge in [-0.25, -0.2) is 4.98 Å². The number of fused-ring (bicyclic) bond motifs is 1. The van der Waals surface area contributed by atoms with Crippen molar-refractivity contribution in [3.05, 3.63) is 92.8 Å². The Kier molecular flexibility index (Phi) is 5.14. The second kappa shape index (κ2) is 7.89. The van der Waals surface area contributed by atoms with Crippen LogP contribution in [0.4, 0.5) is 5.69 Å². The highest BCUT2D eigenvalue weighted by Crippen LogP contribution is 2.20. The number of anilines is 1. The molecule has 0 saturated heterocycles. The van der Waals surface area contributed by atoms with Gasteiger partial charge in [0.25, 0.3) is 11.5 Å². The SMILES string of the molecule is Cc1ccc(C(=O)Nc2cccc(OCc3cc(=O)n4c(C)csc4n3)c2)cc1. The number of aromatic nitrogens is 2. The molecule has 1 amide bonds. The van der Waals surface area contributed by atoms with E-state index in [4.69, 9.17) is 4.74 Å². The third-order valence-corrected chi connectivity index (χ3v) is 5.36. The maximum absolute atomic E-state index is 12.4. The fourth-order valence-corrected chi connectivity index (χ4v) is 3.79. The third kappa shape index (κ3) is 4.20. The van der Waals surface area contributed by atoms with Crippen molar-refractivity contribution < 1.29 is 9.53 Å². The first-order valence-corrected chi connectivity index (χ1v) is 9.95. The number of thiazole rings is 1. The van der Waals surface area contributed by atoms with Gasteiger partial charge in [0.2, 0.25) is 0 Å². The van der Waals surface area contributed by atoms with Gasteiger partial charge >= 0.3 is 0 Å². The highest BCUT2D eigenvalue weighted by atomic mass is 32.1. The van der Waals surface area contributed by atoms with Crippen LogP contribution in [0.25, 0.3) is 4.96 Å². The van der Waals surface area contributed by atoms with E-state index < -0.39 is 0 Å². The number of nitrogens with zero attached hydrogens (tertiary/aromatic N) is 2. The van der Waals surface area contributed by atoms with Crippen LogP contribution in [0, 0.1) is 13.8 Å². The third-order valence-electron chi connectivity index (χ3n) is 4.42. The van der Waals surface area contributed by atoms with E-state index in [1.54, 1.807) is 40.8 Å². The fourth-order valence-electron chi connectivity index (χ4n) is 2.90. The van der Waals surface area contributed by atoms with Crippen LogP contribution in [-0.4, -0.2) is 15.3 Å². The second-order valence-corrected chi connectivity index (χ2v) is 7.55. The molecule has 2 heterocycles. The number of carbonyl (C=O) groups excluding carboxylic acids is 1. The monoisotopic (exact) mass is 405 g/mol. The van der Waals surface area contributed by atoms with Crippen LogP contribution in [0.3, 0.4) is 0 Å². The first-order valence-electron chi connectivity index (χ1n) is 9.07. The molecule has 0 spiro atoms. The Morgan fingerprint density at radius 1 is 1.14 bits per heavy atom. The van der Waals surface area contributed by atoms with E-state index in [0.29, 0.717) is 27.7 Å². The summed E-state index contributed by atoms with van der Waals surface area (Å²) in [5, 5.41) is 4.76. The molecule has 146 valence electrons. The van der Waals surface area contributed by atoms with Crippen molar-refractivity contribution in [1.29, 1.82) is 0 Å². The standard InChI is InChI=1S/C22H19N3O3S/c1-14-6-8-16(9-7-14)21(27)23-17-4-3-5-19(10-17)28-12-18-11-20(26)25-15(2)13-29-22(25)24-18/h3-11,13H,12H2,1-2H3,(H,23,27). The Morgan fingerprint density at radius 2 is 1.93 bits per heavy atom. The number of aryl methyl sites for hydroxylation is 2. The summed E-state index contributed by atoms with van der Waals surface area (Å²) in [6, 6.07) is 16.0. The lowest BCUT2D eigenvalue weighted by atomic mass is 10.1. The quantitative estimate of drug-likeness (QED) is 0.540. The van der Waals surface area contributed by atoms with Gasteiger partial charge in [-0.05, 0) is 38.1 Å². The summed E-state index contributed by atoms with van der Waals surface area (Å²) in [5.74, 6) is 0.395. The number of benzene rings is 2. The lowest BCUT2D eigenvalue weighted by Gasteiger charge is -2.09. The maximum atomic E-state index is 12.4. The van der Waals surface area contributed by atoms with Gasteiger partial charge in [0.05, 0.1) is 5.69 Å². The minimum atomic E-state index is -0.185. The molecule has 1 N–H and O–H groups in total. The number of hydrogen-bond acceptors (Lipinski definition) is 5. The molecule has 7 heteroatoms. The molecular formula is C22H19N3O3S. The molecule has 29 heavy (non-hydrogen) atoms. The second-order valence-electron chi connectivity index (χ2n) is 6.72. The summed E-state index contributed by atoms with van der Waals surface area (Å²) < 4.78 is 7.37. The zero-order chi connectivity index (χ0) is 20.4. The predicted octanol–water partition coefficient (Wildman–Crippen LogP) is 4.20.